The van der Waals surface area contributed by atoms with Gasteiger partial charge in [0.15, 0.2) is 0 Å². The van der Waals surface area contributed by atoms with Crippen LogP contribution in [0.5, 0.6) is 0 Å². The molecule has 0 aliphatic heterocycles. The summed E-state index contributed by atoms with van der Waals surface area (Å²) < 4.78 is 23.7. The maximum Gasteiger partial charge on any atom is 0.253 e. The van der Waals surface area contributed by atoms with Gasteiger partial charge >= 0.3 is 0 Å². The number of alkyl halides is 2. The van der Waals surface area contributed by atoms with Crippen LogP contribution in [0, 0.1) is 0 Å². The van der Waals surface area contributed by atoms with Gasteiger partial charge in [0.1, 0.15) is 0 Å². The van der Waals surface area contributed by atoms with Crippen LogP contribution in [0.15, 0.2) is 12.2 Å². The van der Waals surface area contributed by atoms with Gasteiger partial charge in [-0.15, -0.1) is 0 Å². The molecular formula is C7H14F2N2. The zero-order chi connectivity index (χ0) is 8.85. The third kappa shape index (κ3) is 4.86. The van der Waals surface area contributed by atoms with E-state index in [2.05, 4.69) is 6.58 Å². The van der Waals surface area contributed by atoms with Crippen molar-refractivity contribution in [2.45, 2.75) is 25.3 Å². The second kappa shape index (κ2) is 5.21. The molecule has 2 nitrogen and oxygen atoms in total. The number of rotatable bonds is 5. The Bertz CT molecular complexity index is 126. The highest BCUT2D eigenvalue weighted by molar-refractivity contribution is 4.97. The minimum atomic E-state index is -2.47. The number of hydrogen-bond donors (Lipinski definition) is 2. The zero-order valence-corrected chi connectivity index (χ0v) is 6.39. The highest BCUT2D eigenvalue weighted by atomic mass is 19.3. The maximum atomic E-state index is 11.8. The molecule has 0 aliphatic carbocycles. The standard InChI is InChI=1S/C7H14F2N2/c1-5(2-3-10)4-6(11)7(8)9/h6-7H,1-4,10-11H2. The lowest BCUT2D eigenvalue weighted by molar-refractivity contribution is 0.115. The van der Waals surface area contributed by atoms with Crippen LogP contribution < -0.4 is 11.5 Å². The number of halogens is 2. The molecule has 0 radical (unpaired) electrons. The van der Waals surface area contributed by atoms with E-state index in [9.17, 15) is 8.78 Å². The molecule has 4 N–H and O–H groups in total. The second-order valence-corrected chi connectivity index (χ2v) is 2.49. The van der Waals surface area contributed by atoms with E-state index in [1.807, 2.05) is 0 Å². The molecule has 0 bridgehead atoms. The van der Waals surface area contributed by atoms with Gasteiger partial charge in [-0.2, -0.15) is 0 Å². The minimum absolute atomic E-state index is 0.162. The van der Waals surface area contributed by atoms with Crippen LogP contribution in [0.25, 0.3) is 0 Å². The van der Waals surface area contributed by atoms with Crippen molar-refractivity contribution in [3.05, 3.63) is 12.2 Å². The van der Waals surface area contributed by atoms with E-state index in [1.54, 1.807) is 0 Å². The molecule has 1 atom stereocenters. The van der Waals surface area contributed by atoms with Crippen molar-refractivity contribution in [3.8, 4) is 0 Å². The summed E-state index contributed by atoms with van der Waals surface area (Å²) >= 11 is 0. The van der Waals surface area contributed by atoms with E-state index in [0.717, 1.165) is 0 Å². The predicted octanol–water partition coefficient (Wildman–Crippen LogP) is 0.874. The van der Waals surface area contributed by atoms with Gasteiger partial charge in [-0.05, 0) is 19.4 Å². The molecule has 0 aromatic rings. The van der Waals surface area contributed by atoms with Crippen molar-refractivity contribution in [2.24, 2.45) is 11.5 Å². The molecule has 0 aromatic carbocycles. The van der Waals surface area contributed by atoms with Crippen LogP contribution >= 0.6 is 0 Å². The summed E-state index contributed by atoms with van der Waals surface area (Å²) in [5.41, 5.74) is 11.0. The third-order valence-corrected chi connectivity index (χ3v) is 1.35. The summed E-state index contributed by atoms with van der Waals surface area (Å²) in [4.78, 5) is 0. The molecule has 66 valence electrons. The highest BCUT2D eigenvalue weighted by Crippen LogP contribution is 2.10. The monoisotopic (exact) mass is 164 g/mol. The molecule has 0 amide bonds. The van der Waals surface area contributed by atoms with Gasteiger partial charge in [0.25, 0.3) is 6.43 Å². The molecule has 0 fully saturated rings. The summed E-state index contributed by atoms with van der Waals surface area (Å²) in [6.45, 7) is 4.01. The molecule has 0 rings (SSSR count). The van der Waals surface area contributed by atoms with Crippen molar-refractivity contribution in [2.75, 3.05) is 6.54 Å². The molecule has 0 aliphatic rings. The average Bonchev–Trinajstić information content (AvgIpc) is 1.87. The Balaban J connectivity index is 3.57. The topological polar surface area (TPSA) is 52.0 Å². The normalized spacial score (nSPS) is 13.5. The fourth-order valence-corrected chi connectivity index (χ4v) is 0.729. The Hall–Kier alpha value is -0.480. The first kappa shape index (κ1) is 10.5. The molecule has 4 heteroatoms. The highest BCUT2D eigenvalue weighted by Gasteiger charge is 2.15. The summed E-state index contributed by atoms with van der Waals surface area (Å²) in [7, 11) is 0. The molecule has 0 saturated heterocycles. The lowest BCUT2D eigenvalue weighted by atomic mass is 10.1. The van der Waals surface area contributed by atoms with Crippen molar-refractivity contribution in [1.82, 2.24) is 0 Å². The van der Waals surface area contributed by atoms with E-state index >= 15 is 0 Å². The van der Waals surface area contributed by atoms with Gasteiger partial charge in [0, 0.05) is 0 Å². The average molecular weight is 164 g/mol. The SMILES string of the molecule is C=C(CCN)CC(N)C(F)F. The van der Waals surface area contributed by atoms with Crippen LogP contribution in [0.1, 0.15) is 12.8 Å². The van der Waals surface area contributed by atoms with Gasteiger partial charge in [-0.1, -0.05) is 12.2 Å². The van der Waals surface area contributed by atoms with Crippen LogP contribution in [0.2, 0.25) is 0 Å². The van der Waals surface area contributed by atoms with Crippen LogP contribution in [-0.2, 0) is 0 Å². The fourth-order valence-electron chi connectivity index (χ4n) is 0.729. The minimum Gasteiger partial charge on any atom is -0.330 e. The van der Waals surface area contributed by atoms with Gasteiger partial charge in [-0.25, -0.2) is 8.78 Å². The summed E-state index contributed by atoms with van der Waals surface area (Å²) in [5.74, 6) is 0. The Morgan fingerprint density at radius 3 is 2.36 bits per heavy atom. The first-order valence-electron chi connectivity index (χ1n) is 3.48. The lowest BCUT2D eigenvalue weighted by Crippen LogP contribution is -2.29. The van der Waals surface area contributed by atoms with Crippen LogP contribution in [0.3, 0.4) is 0 Å². The zero-order valence-electron chi connectivity index (χ0n) is 6.39. The Kier molecular flexibility index (Phi) is 4.98. The molecule has 0 heterocycles. The van der Waals surface area contributed by atoms with Crippen molar-refractivity contribution in [3.63, 3.8) is 0 Å². The van der Waals surface area contributed by atoms with Crippen LogP contribution in [-0.4, -0.2) is 19.0 Å². The number of hydrogen-bond acceptors (Lipinski definition) is 2. The quantitative estimate of drug-likeness (QED) is 0.592. The summed E-state index contributed by atoms with van der Waals surface area (Å²) in [6, 6.07) is -1.09. The molecule has 0 aromatic heterocycles. The van der Waals surface area contributed by atoms with Crippen molar-refractivity contribution < 1.29 is 8.78 Å². The molecule has 0 saturated carbocycles. The Labute approximate surface area is 65.3 Å². The van der Waals surface area contributed by atoms with Crippen molar-refractivity contribution >= 4 is 0 Å². The van der Waals surface area contributed by atoms with E-state index in [0.29, 0.717) is 18.5 Å². The summed E-state index contributed by atoms with van der Waals surface area (Å²) in [6.07, 6.45) is -1.74. The predicted molar refractivity (Wildman–Crippen MR) is 41.4 cm³/mol. The molecule has 11 heavy (non-hydrogen) atoms. The van der Waals surface area contributed by atoms with Gasteiger partial charge in [-0.3, -0.25) is 0 Å². The third-order valence-electron chi connectivity index (χ3n) is 1.35. The van der Waals surface area contributed by atoms with Crippen molar-refractivity contribution in [1.29, 1.82) is 0 Å². The number of nitrogens with two attached hydrogens (primary N) is 2. The molecule has 0 spiro atoms. The smallest absolute Gasteiger partial charge is 0.253 e. The maximum absolute atomic E-state index is 11.8. The fraction of sp³-hybridized carbons (Fsp3) is 0.714. The largest absolute Gasteiger partial charge is 0.330 e. The van der Waals surface area contributed by atoms with Gasteiger partial charge in [0.05, 0.1) is 6.04 Å². The Morgan fingerprint density at radius 2 is 2.00 bits per heavy atom. The van der Waals surface area contributed by atoms with E-state index in [1.165, 1.54) is 0 Å². The summed E-state index contributed by atoms with van der Waals surface area (Å²) in [5, 5.41) is 0. The lowest BCUT2D eigenvalue weighted by Gasteiger charge is -2.11. The van der Waals surface area contributed by atoms with Crippen LogP contribution in [0.4, 0.5) is 8.78 Å². The first-order valence-corrected chi connectivity index (χ1v) is 3.48. The van der Waals surface area contributed by atoms with Gasteiger partial charge in [0.2, 0.25) is 0 Å². The second-order valence-electron chi connectivity index (χ2n) is 2.49. The molecular weight excluding hydrogens is 150 g/mol. The van der Waals surface area contributed by atoms with E-state index in [4.69, 9.17) is 11.5 Å². The van der Waals surface area contributed by atoms with E-state index < -0.39 is 12.5 Å². The van der Waals surface area contributed by atoms with E-state index in [-0.39, 0.29) is 6.42 Å². The molecule has 1 unspecified atom stereocenters. The Morgan fingerprint density at radius 1 is 1.45 bits per heavy atom. The van der Waals surface area contributed by atoms with Gasteiger partial charge < -0.3 is 11.5 Å². The first-order chi connectivity index (χ1) is 5.07.